The largest absolute Gasteiger partial charge is 0.461 e. The number of ether oxygens (including phenoxy) is 1. The van der Waals surface area contributed by atoms with Crippen molar-refractivity contribution < 1.29 is 19.2 Å². The highest BCUT2D eigenvalue weighted by molar-refractivity contribution is 7.99. The molecule has 1 aromatic rings. The Labute approximate surface area is 149 Å². The first-order valence-corrected chi connectivity index (χ1v) is 8.87. The number of nitrogens with one attached hydrogen (secondary N) is 2. The number of hydrogen-bond donors (Lipinski definition) is 2. The van der Waals surface area contributed by atoms with Gasteiger partial charge in [0.2, 0.25) is 0 Å². The van der Waals surface area contributed by atoms with Crippen LogP contribution in [0.5, 0.6) is 0 Å². The van der Waals surface area contributed by atoms with Gasteiger partial charge in [-0.25, -0.2) is 9.59 Å². The van der Waals surface area contributed by atoms with E-state index in [4.69, 9.17) is 4.74 Å². The minimum atomic E-state index is -0.721. The zero-order chi connectivity index (χ0) is 18.4. The van der Waals surface area contributed by atoms with Crippen molar-refractivity contribution in [3.8, 4) is 0 Å². The fourth-order valence-electron chi connectivity index (χ4n) is 2.42. The van der Waals surface area contributed by atoms with Crippen LogP contribution in [0, 0.1) is 10.1 Å². The van der Waals surface area contributed by atoms with Gasteiger partial charge in [-0.15, -0.1) is 0 Å². The van der Waals surface area contributed by atoms with Gasteiger partial charge in [0.05, 0.1) is 16.5 Å². The summed E-state index contributed by atoms with van der Waals surface area (Å²) in [6.07, 6.45) is 0. The minimum Gasteiger partial charge on any atom is -0.461 e. The van der Waals surface area contributed by atoms with Gasteiger partial charge in [0.15, 0.2) is 0 Å². The molecule has 0 bridgehead atoms. The van der Waals surface area contributed by atoms with Crippen molar-refractivity contribution in [1.29, 1.82) is 0 Å². The van der Waals surface area contributed by atoms with Crippen LogP contribution in [-0.2, 0) is 9.53 Å². The van der Waals surface area contributed by atoms with Crippen LogP contribution in [-0.4, -0.2) is 35.0 Å². The summed E-state index contributed by atoms with van der Waals surface area (Å²) < 4.78 is 5.29. The number of hydrogen-bond acceptors (Lipinski definition) is 6. The summed E-state index contributed by atoms with van der Waals surface area (Å²) in [6.45, 7) is 3.91. The van der Waals surface area contributed by atoms with E-state index in [2.05, 4.69) is 10.6 Å². The first-order valence-electron chi connectivity index (χ1n) is 7.71. The number of carbonyl (C=O) groups excluding carboxylic acids is 2. The molecular weight excluding hydrogens is 346 g/mol. The number of carbonyl (C=O) groups is 2. The van der Waals surface area contributed by atoms with Gasteiger partial charge in [0, 0.05) is 23.6 Å². The number of thioether (sulfide) groups is 1. The molecule has 0 aromatic heterocycles. The van der Waals surface area contributed by atoms with Gasteiger partial charge in [0.1, 0.15) is 6.61 Å². The molecule has 0 spiro atoms. The van der Waals surface area contributed by atoms with Gasteiger partial charge >= 0.3 is 12.0 Å². The van der Waals surface area contributed by atoms with E-state index in [0.717, 1.165) is 5.75 Å². The SMILES string of the molecule is CCSCCOC(=O)C1=C(C)NC(=O)NC1c1ccc([N+](=O)[O-])cc1. The summed E-state index contributed by atoms with van der Waals surface area (Å²) in [5.74, 6) is 1.10. The Morgan fingerprint density at radius 1 is 1.36 bits per heavy atom. The molecule has 1 heterocycles. The average Bonchev–Trinajstić information content (AvgIpc) is 2.58. The van der Waals surface area contributed by atoms with Gasteiger partial charge < -0.3 is 15.4 Å². The van der Waals surface area contributed by atoms with Crippen LogP contribution in [0.3, 0.4) is 0 Å². The Balaban J connectivity index is 2.23. The molecule has 134 valence electrons. The predicted molar refractivity (Wildman–Crippen MR) is 94.2 cm³/mol. The number of rotatable bonds is 7. The fourth-order valence-corrected chi connectivity index (χ4v) is 2.91. The van der Waals surface area contributed by atoms with Crippen LogP contribution in [0.1, 0.15) is 25.5 Å². The first-order chi connectivity index (χ1) is 11.9. The molecule has 2 rings (SSSR count). The van der Waals surface area contributed by atoms with E-state index in [0.29, 0.717) is 17.0 Å². The standard InChI is InChI=1S/C16H19N3O5S/c1-3-25-9-8-24-15(20)13-10(2)17-16(21)18-14(13)11-4-6-12(7-5-11)19(22)23/h4-7,14H,3,8-9H2,1-2H3,(H2,17,18,21). The number of nitrogens with zero attached hydrogens (tertiary/aromatic N) is 1. The maximum absolute atomic E-state index is 12.4. The van der Waals surface area contributed by atoms with Crippen molar-refractivity contribution in [1.82, 2.24) is 10.6 Å². The van der Waals surface area contributed by atoms with Crippen molar-refractivity contribution in [2.45, 2.75) is 19.9 Å². The topological polar surface area (TPSA) is 111 Å². The lowest BCUT2D eigenvalue weighted by Crippen LogP contribution is -2.45. The van der Waals surface area contributed by atoms with E-state index in [-0.39, 0.29) is 17.9 Å². The Kier molecular flexibility index (Phi) is 6.40. The zero-order valence-corrected chi connectivity index (χ0v) is 14.7. The molecule has 1 unspecified atom stereocenters. The van der Waals surface area contributed by atoms with Gasteiger partial charge in [-0.3, -0.25) is 10.1 Å². The van der Waals surface area contributed by atoms with Crippen LogP contribution >= 0.6 is 11.8 Å². The van der Waals surface area contributed by atoms with E-state index in [1.165, 1.54) is 24.3 Å². The summed E-state index contributed by atoms with van der Waals surface area (Å²) in [7, 11) is 0. The molecule has 1 aliphatic heterocycles. The maximum atomic E-state index is 12.4. The second-order valence-corrected chi connectivity index (χ2v) is 6.65. The van der Waals surface area contributed by atoms with Crippen molar-refractivity contribution in [2.75, 3.05) is 18.1 Å². The third kappa shape index (κ3) is 4.72. The Bertz CT molecular complexity index is 702. The van der Waals surface area contributed by atoms with Crippen LogP contribution in [0.15, 0.2) is 35.5 Å². The lowest BCUT2D eigenvalue weighted by molar-refractivity contribution is -0.384. The summed E-state index contributed by atoms with van der Waals surface area (Å²) in [6, 6.07) is 4.53. The highest BCUT2D eigenvalue weighted by Gasteiger charge is 2.32. The predicted octanol–water partition coefficient (Wildman–Crippen LogP) is 2.52. The average molecular weight is 365 g/mol. The number of esters is 1. The van der Waals surface area contributed by atoms with Gasteiger partial charge in [-0.1, -0.05) is 6.92 Å². The summed E-state index contributed by atoms with van der Waals surface area (Å²) >= 11 is 1.66. The van der Waals surface area contributed by atoms with Crippen molar-refractivity contribution >= 4 is 29.4 Å². The highest BCUT2D eigenvalue weighted by atomic mass is 32.2. The third-order valence-electron chi connectivity index (χ3n) is 3.59. The Morgan fingerprint density at radius 3 is 2.64 bits per heavy atom. The van der Waals surface area contributed by atoms with Gasteiger partial charge in [-0.2, -0.15) is 11.8 Å². The number of benzene rings is 1. The van der Waals surface area contributed by atoms with Gasteiger partial charge in [-0.05, 0) is 30.4 Å². The number of nitro groups is 1. The van der Waals surface area contributed by atoms with Crippen LogP contribution < -0.4 is 10.6 Å². The van der Waals surface area contributed by atoms with Crippen LogP contribution in [0.2, 0.25) is 0 Å². The molecule has 1 aliphatic rings. The molecule has 0 aliphatic carbocycles. The van der Waals surface area contributed by atoms with Crippen molar-refractivity contribution in [3.63, 3.8) is 0 Å². The molecule has 0 fully saturated rings. The van der Waals surface area contributed by atoms with E-state index in [1.54, 1.807) is 18.7 Å². The summed E-state index contributed by atoms with van der Waals surface area (Å²) in [4.78, 5) is 34.5. The number of allylic oxidation sites excluding steroid dienone is 1. The monoisotopic (exact) mass is 365 g/mol. The molecule has 9 heteroatoms. The molecule has 1 aromatic carbocycles. The maximum Gasteiger partial charge on any atom is 0.338 e. The molecular formula is C16H19N3O5S. The van der Waals surface area contributed by atoms with Crippen LogP contribution in [0.25, 0.3) is 0 Å². The number of nitro benzene ring substituents is 1. The van der Waals surface area contributed by atoms with Crippen molar-refractivity contribution in [3.05, 3.63) is 51.2 Å². The van der Waals surface area contributed by atoms with Crippen LogP contribution in [0.4, 0.5) is 10.5 Å². The Morgan fingerprint density at radius 2 is 2.04 bits per heavy atom. The summed E-state index contributed by atoms with van der Waals surface area (Å²) in [5, 5.41) is 16.0. The highest BCUT2D eigenvalue weighted by Crippen LogP contribution is 2.28. The molecule has 8 nitrogen and oxygen atoms in total. The quantitative estimate of drug-likeness (QED) is 0.332. The molecule has 2 N–H and O–H groups in total. The second kappa shape index (κ2) is 8.52. The Hall–Kier alpha value is -2.55. The van der Waals surface area contributed by atoms with E-state index in [9.17, 15) is 19.7 Å². The molecule has 0 radical (unpaired) electrons. The zero-order valence-electron chi connectivity index (χ0n) is 13.9. The molecule has 25 heavy (non-hydrogen) atoms. The molecule has 0 saturated carbocycles. The first kappa shape index (κ1) is 18.8. The third-order valence-corrected chi connectivity index (χ3v) is 4.45. The number of amides is 2. The van der Waals surface area contributed by atoms with Crippen molar-refractivity contribution in [2.24, 2.45) is 0 Å². The second-order valence-electron chi connectivity index (χ2n) is 5.25. The summed E-state index contributed by atoms with van der Waals surface area (Å²) in [5.41, 5.74) is 1.19. The molecule has 2 amide bonds. The van der Waals surface area contributed by atoms with Gasteiger partial charge in [0.25, 0.3) is 5.69 Å². The number of non-ortho nitro benzene ring substituents is 1. The molecule has 0 saturated heterocycles. The lowest BCUT2D eigenvalue weighted by Gasteiger charge is -2.28. The fraction of sp³-hybridized carbons (Fsp3) is 0.375. The smallest absolute Gasteiger partial charge is 0.338 e. The normalized spacial score (nSPS) is 16.9. The minimum absolute atomic E-state index is 0.0644. The lowest BCUT2D eigenvalue weighted by atomic mass is 9.95. The van der Waals surface area contributed by atoms with E-state index >= 15 is 0 Å². The molecule has 1 atom stereocenters. The van der Waals surface area contributed by atoms with E-state index in [1.807, 2.05) is 6.92 Å². The van der Waals surface area contributed by atoms with E-state index < -0.39 is 23.0 Å². The number of urea groups is 1.